The van der Waals surface area contributed by atoms with Gasteiger partial charge in [-0.3, -0.25) is 16.3 Å². The third-order valence-electron chi connectivity index (χ3n) is 4.41. The first-order chi connectivity index (χ1) is 9.78. The second kappa shape index (κ2) is 5.85. The minimum atomic E-state index is 0.106. The number of nitrogens with zero attached hydrogens (tertiary/aromatic N) is 2. The van der Waals surface area contributed by atoms with Crippen LogP contribution in [0.3, 0.4) is 0 Å². The first-order valence-corrected chi connectivity index (χ1v) is 7.45. The van der Waals surface area contributed by atoms with Crippen molar-refractivity contribution in [3.05, 3.63) is 36.2 Å². The van der Waals surface area contributed by atoms with Crippen LogP contribution in [0.5, 0.6) is 0 Å². The zero-order valence-corrected chi connectivity index (χ0v) is 11.9. The van der Waals surface area contributed by atoms with E-state index in [1.807, 2.05) is 30.5 Å². The molecule has 3 atom stereocenters. The second-order valence-corrected chi connectivity index (χ2v) is 5.96. The van der Waals surface area contributed by atoms with E-state index >= 15 is 0 Å². The average Bonchev–Trinajstić information content (AvgIpc) is 2.48. The Morgan fingerprint density at radius 3 is 2.80 bits per heavy atom. The fourth-order valence-electron chi connectivity index (χ4n) is 3.37. The lowest BCUT2D eigenvalue weighted by Gasteiger charge is -2.32. The van der Waals surface area contributed by atoms with Crippen LogP contribution in [0.1, 0.15) is 44.3 Å². The molecule has 3 rings (SSSR count). The largest absolute Gasteiger partial charge is 0.271 e. The lowest BCUT2D eigenvalue weighted by atomic mass is 9.78. The van der Waals surface area contributed by atoms with Crippen molar-refractivity contribution in [3.63, 3.8) is 0 Å². The molecule has 1 saturated carbocycles. The predicted octanol–water partition coefficient (Wildman–Crippen LogP) is 2.96. The van der Waals surface area contributed by atoms with Crippen molar-refractivity contribution >= 4 is 11.0 Å². The zero-order valence-electron chi connectivity index (χ0n) is 11.9. The molecule has 0 amide bonds. The number of rotatable bonds is 3. The number of hydrazine groups is 1. The van der Waals surface area contributed by atoms with Gasteiger partial charge in [0.05, 0.1) is 29.0 Å². The topological polar surface area (TPSA) is 63.8 Å². The van der Waals surface area contributed by atoms with Crippen LogP contribution in [-0.2, 0) is 0 Å². The molecule has 3 N–H and O–H groups in total. The number of nitrogens with one attached hydrogen (secondary N) is 1. The molecule has 1 aromatic carbocycles. The first kappa shape index (κ1) is 13.5. The van der Waals surface area contributed by atoms with Gasteiger partial charge in [-0.15, -0.1) is 0 Å². The Hall–Kier alpha value is -1.52. The Bertz CT molecular complexity index is 583. The average molecular weight is 270 g/mol. The van der Waals surface area contributed by atoms with Crippen LogP contribution in [-0.4, -0.2) is 9.97 Å². The molecular formula is C16H22N4. The van der Waals surface area contributed by atoms with Crippen LogP contribution in [0.4, 0.5) is 0 Å². The summed E-state index contributed by atoms with van der Waals surface area (Å²) in [5.41, 5.74) is 5.81. The predicted molar refractivity (Wildman–Crippen MR) is 80.7 cm³/mol. The number of para-hydroxylation sites is 2. The number of hydrogen-bond acceptors (Lipinski definition) is 4. The van der Waals surface area contributed by atoms with Crippen molar-refractivity contribution in [1.82, 2.24) is 15.4 Å². The number of nitrogens with two attached hydrogens (primary N) is 1. The van der Waals surface area contributed by atoms with Gasteiger partial charge in [0.25, 0.3) is 0 Å². The molecule has 0 aliphatic heterocycles. The molecule has 4 nitrogen and oxygen atoms in total. The maximum Gasteiger partial charge on any atom is 0.0890 e. The number of fused-ring (bicyclic) bond motifs is 1. The molecule has 20 heavy (non-hydrogen) atoms. The smallest absolute Gasteiger partial charge is 0.0890 e. The van der Waals surface area contributed by atoms with Gasteiger partial charge in [-0.05, 0) is 36.8 Å². The monoisotopic (exact) mass is 270 g/mol. The van der Waals surface area contributed by atoms with Gasteiger partial charge in [0.2, 0.25) is 0 Å². The number of hydrogen-bond donors (Lipinski definition) is 2. The van der Waals surface area contributed by atoms with E-state index < -0.39 is 0 Å². The molecule has 0 saturated heterocycles. The van der Waals surface area contributed by atoms with Crippen molar-refractivity contribution in [2.24, 2.45) is 17.7 Å². The van der Waals surface area contributed by atoms with E-state index in [-0.39, 0.29) is 6.04 Å². The Morgan fingerprint density at radius 1 is 1.25 bits per heavy atom. The highest BCUT2D eigenvalue weighted by atomic mass is 15.2. The van der Waals surface area contributed by atoms with E-state index in [0.717, 1.165) is 22.6 Å². The maximum absolute atomic E-state index is 5.81. The van der Waals surface area contributed by atoms with Gasteiger partial charge in [-0.25, -0.2) is 4.98 Å². The summed E-state index contributed by atoms with van der Waals surface area (Å²) in [7, 11) is 0. The molecular weight excluding hydrogens is 248 g/mol. The lowest BCUT2D eigenvalue weighted by Crippen LogP contribution is -2.36. The number of benzene rings is 1. The molecule has 1 heterocycles. The fourth-order valence-corrected chi connectivity index (χ4v) is 3.37. The van der Waals surface area contributed by atoms with Crippen molar-refractivity contribution in [3.8, 4) is 0 Å². The van der Waals surface area contributed by atoms with Gasteiger partial charge in [-0.1, -0.05) is 31.9 Å². The summed E-state index contributed by atoms with van der Waals surface area (Å²) in [6, 6.07) is 8.07. The molecule has 106 valence electrons. The van der Waals surface area contributed by atoms with E-state index in [1.165, 1.54) is 25.7 Å². The van der Waals surface area contributed by atoms with Crippen LogP contribution >= 0.6 is 0 Å². The molecule has 1 fully saturated rings. The normalized spacial score (nSPS) is 24.7. The highest BCUT2D eigenvalue weighted by molar-refractivity contribution is 5.73. The summed E-state index contributed by atoms with van der Waals surface area (Å²) >= 11 is 0. The van der Waals surface area contributed by atoms with Gasteiger partial charge < -0.3 is 0 Å². The van der Waals surface area contributed by atoms with Crippen molar-refractivity contribution < 1.29 is 0 Å². The third-order valence-corrected chi connectivity index (χ3v) is 4.41. The van der Waals surface area contributed by atoms with Crippen LogP contribution in [0.15, 0.2) is 30.5 Å². The molecule has 1 aliphatic carbocycles. The minimum absolute atomic E-state index is 0.106. The van der Waals surface area contributed by atoms with Gasteiger partial charge >= 0.3 is 0 Å². The van der Waals surface area contributed by atoms with Crippen LogP contribution < -0.4 is 11.3 Å². The SMILES string of the molecule is CC1CCCC(C(NN)c2cnc3ccccc3n2)C1. The fraction of sp³-hybridized carbons (Fsp3) is 0.500. The highest BCUT2D eigenvalue weighted by Crippen LogP contribution is 2.36. The van der Waals surface area contributed by atoms with Crippen molar-refractivity contribution in [1.29, 1.82) is 0 Å². The molecule has 0 bridgehead atoms. The van der Waals surface area contributed by atoms with E-state index in [4.69, 9.17) is 10.8 Å². The molecule has 3 unspecified atom stereocenters. The molecule has 4 heteroatoms. The highest BCUT2D eigenvalue weighted by Gasteiger charge is 2.28. The molecule has 1 aromatic heterocycles. The molecule has 2 aromatic rings. The van der Waals surface area contributed by atoms with E-state index in [1.54, 1.807) is 0 Å². The summed E-state index contributed by atoms with van der Waals surface area (Å²) in [4.78, 5) is 9.25. The number of aromatic nitrogens is 2. The standard InChI is InChI=1S/C16H22N4/c1-11-5-4-6-12(9-11)16(20-17)15-10-18-13-7-2-3-8-14(13)19-15/h2-3,7-8,10-12,16,20H,4-6,9,17H2,1H3. The Balaban J connectivity index is 1.90. The van der Waals surface area contributed by atoms with Gasteiger partial charge in [0.15, 0.2) is 0 Å². The zero-order chi connectivity index (χ0) is 13.9. The Kier molecular flexibility index (Phi) is 3.94. The maximum atomic E-state index is 5.81. The van der Waals surface area contributed by atoms with E-state index in [2.05, 4.69) is 17.3 Å². The second-order valence-electron chi connectivity index (χ2n) is 5.96. The summed E-state index contributed by atoms with van der Waals surface area (Å²) < 4.78 is 0. The quantitative estimate of drug-likeness (QED) is 0.665. The minimum Gasteiger partial charge on any atom is -0.271 e. The lowest BCUT2D eigenvalue weighted by molar-refractivity contribution is 0.222. The van der Waals surface area contributed by atoms with Crippen LogP contribution in [0.2, 0.25) is 0 Å². The first-order valence-electron chi connectivity index (χ1n) is 7.45. The van der Waals surface area contributed by atoms with Gasteiger partial charge in [0.1, 0.15) is 0 Å². The van der Waals surface area contributed by atoms with Crippen molar-refractivity contribution in [2.45, 2.75) is 38.6 Å². The van der Waals surface area contributed by atoms with E-state index in [0.29, 0.717) is 5.92 Å². The Morgan fingerprint density at radius 2 is 2.05 bits per heavy atom. The van der Waals surface area contributed by atoms with Crippen LogP contribution in [0, 0.1) is 11.8 Å². The van der Waals surface area contributed by atoms with Gasteiger partial charge in [-0.2, -0.15) is 0 Å². The molecule has 0 spiro atoms. The summed E-state index contributed by atoms with van der Waals surface area (Å²) in [5.74, 6) is 7.14. The van der Waals surface area contributed by atoms with E-state index in [9.17, 15) is 0 Å². The van der Waals surface area contributed by atoms with Crippen LogP contribution in [0.25, 0.3) is 11.0 Å². The third kappa shape index (κ3) is 2.67. The molecule has 1 aliphatic rings. The Labute approximate surface area is 119 Å². The summed E-state index contributed by atoms with van der Waals surface area (Å²) in [6.07, 6.45) is 6.91. The summed E-state index contributed by atoms with van der Waals surface area (Å²) in [5, 5.41) is 0. The molecule has 0 radical (unpaired) electrons. The summed E-state index contributed by atoms with van der Waals surface area (Å²) in [6.45, 7) is 2.33. The van der Waals surface area contributed by atoms with Gasteiger partial charge in [0, 0.05) is 0 Å². The van der Waals surface area contributed by atoms with Crippen molar-refractivity contribution in [2.75, 3.05) is 0 Å².